The molecule has 1 aliphatic carbocycles. The zero-order valence-corrected chi connectivity index (χ0v) is 14.2. The maximum absolute atomic E-state index is 12.6. The summed E-state index contributed by atoms with van der Waals surface area (Å²) in [5.74, 6) is 1.13. The first-order valence-corrected chi connectivity index (χ1v) is 7.51. The highest BCUT2D eigenvalue weighted by Crippen LogP contribution is 2.53. The molecule has 0 aromatic carbocycles. The third-order valence-corrected chi connectivity index (χ3v) is 5.39. The second-order valence-electron chi connectivity index (χ2n) is 7.13. The van der Waals surface area contributed by atoms with E-state index in [1.807, 2.05) is 11.9 Å². The lowest BCUT2D eigenvalue weighted by Gasteiger charge is -2.61. The minimum atomic E-state index is -0.177. The second kappa shape index (κ2) is 5.13. The highest BCUT2D eigenvalue weighted by atomic mass is 16.5. The molecule has 0 radical (unpaired) electrons. The lowest BCUT2D eigenvalue weighted by Crippen LogP contribution is -2.68. The van der Waals surface area contributed by atoms with Crippen LogP contribution in [0.25, 0.3) is 0 Å². The van der Waals surface area contributed by atoms with Gasteiger partial charge < -0.3 is 14.6 Å². The summed E-state index contributed by atoms with van der Waals surface area (Å²) >= 11 is 0. The number of rotatable bonds is 4. The molecule has 0 spiro atoms. The minimum Gasteiger partial charge on any atom is -0.378 e. The number of carbonyl (C=O) groups is 1. The molecule has 1 saturated carbocycles. The maximum Gasteiger partial charge on any atom is 0.271 e. The Morgan fingerprint density at radius 1 is 1.48 bits per heavy atom. The molecule has 21 heavy (non-hydrogen) atoms. The van der Waals surface area contributed by atoms with Crippen molar-refractivity contribution in [3.05, 3.63) is 17.7 Å². The molecule has 1 heterocycles. The summed E-state index contributed by atoms with van der Waals surface area (Å²) in [5, 5.41) is 0. The molecule has 2 atom stereocenters. The summed E-state index contributed by atoms with van der Waals surface area (Å²) in [7, 11) is 3.60. The number of aromatic nitrogens is 2. The number of carbonyl (C=O) groups excluding carboxylic acids is 1. The normalized spacial score (nSPS) is 27.5. The van der Waals surface area contributed by atoms with Crippen LogP contribution in [0.1, 0.15) is 63.3 Å². The van der Waals surface area contributed by atoms with Gasteiger partial charge in [0.25, 0.3) is 5.91 Å². The van der Waals surface area contributed by atoms with Gasteiger partial charge in [0, 0.05) is 31.5 Å². The molecule has 0 unspecified atom stereocenters. The number of H-pyrrole nitrogens is 1. The predicted molar refractivity (Wildman–Crippen MR) is 82.4 cm³/mol. The highest BCUT2D eigenvalue weighted by molar-refractivity contribution is 5.92. The average Bonchev–Trinajstić information content (AvgIpc) is 2.92. The van der Waals surface area contributed by atoms with Crippen LogP contribution in [0, 0.1) is 5.41 Å². The van der Waals surface area contributed by atoms with Crippen LogP contribution in [0.3, 0.4) is 0 Å². The van der Waals surface area contributed by atoms with Crippen molar-refractivity contribution >= 4 is 5.91 Å². The molecule has 1 aliphatic rings. The largest absolute Gasteiger partial charge is 0.378 e. The average molecular weight is 293 g/mol. The van der Waals surface area contributed by atoms with Gasteiger partial charge in [-0.1, -0.05) is 27.7 Å². The smallest absolute Gasteiger partial charge is 0.271 e. The van der Waals surface area contributed by atoms with Crippen molar-refractivity contribution in [2.24, 2.45) is 5.41 Å². The quantitative estimate of drug-likeness (QED) is 0.928. The topological polar surface area (TPSA) is 58.2 Å². The van der Waals surface area contributed by atoms with Gasteiger partial charge in [-0.15, -0.1) is 0 Å². The summed E-state index contributed by atoms with van der Waals surface area (Å²) in [6, 6.07) is 0.167. The van der Waals surface area contributed by atoms with Gasteiger partial charge in [-0.3, -0.25) is 4.79 Å². The van der Waals surface area contributed by atoms with Gasteiger partial charge in [0.1, 0.15) is 11.5 Å². The van der Waals surface area contributed by atoms with Gasteiger partial charge in [0.2, 0.25) is 0 Å². The SMILES string of the molecule is CO[C@@]1(C)C[C@@H](N(C)C(=O)c2cnc(C(C)C)[nH]2)C1(C)C. The number of hydrogen-bond donors (Lipinski definition) is 1. The molecule has 1 aromatic heterocycles. The van der Waals surface area contributed by atoms with Crippen molar-refractivity contribution in [2.45, 2.75) is 58.6 Å². The summed E-state index contributed by atoms with van der Waals surface area (Å²) in [6.45, 7) is 10.5. The number of amides is 1. The Morgan fingerprint density at radius 2 is 2.10 bits per heavy atom. The van der Waals surface area contributed by atoms with Gasteiger partial charge in [-0.25, -0.2) is 4.98 Å². The number of hydrogen-bond acceptors (Lipinski definition) is 3. The van der Waals surface area contributed by atoms with Crippen LogP contribution in [0.15, 0.2) is 6.20 Å². The molecular weight excluding hydrogens is 266 g/mol. The summed E-state index contributed by atoms with van der Waals surface area (Å²) in [5.41, 5.74) is 0.305. The van der Waals surface area contributed by atoms with Crippen LogP contribution in [0.4, 0.5) is 0 Å². The molecule has 1 N–H and O–H groups in total. The molecule has 5 nitrogen and oxygen atoms in total. The van der Waals surface area contributed by atoms with E-state index in [-0.39, 0.29) is 28.9 Å². The third-order valence-electron chi connectivity index (χ3n) is 5.39. The Bertz CT molecular complexity index is 535. The number of aromatic amines is 1. The van der Waals surface area contributed by atoms with Gasteiger partial charge >= 0.3 is 0 Å². The van der Waals surface area contributed by atoms with Crippen molar-refractivity contribution in [2.75, 3.05) is 14.2 Å². The molecule has 0 saturated heterocycles. The molecular formula is C16H27N3O2. The minimum absolute atomic E-state index is 0.00868. The fourth-order valence-electron chi connectivity index (χ4n) is 3.15. The summed E-state index contributed by atoms with van der Waals surface area (Å²) in [4.78, 5) is 21.8. The molecule has 1 aromatic rings. The molecule has 2 rings (SSSR count). The van der Waals surface area contributed by atoms with E-state index in [1.165, 1.54) is 0 Å². The molecule has 0 bridgehead atoms. The zero-order chi connectivity index (χ0) is 16.0. The van der Waals surface area contributed by atoms with Crippen LogP contribution in [-0.4, -0.2) is 46.6 Å². The molecule has 1 fully saturated rings. The Hall–Kier alpha value is -1.36. The lowest BCUT2D eigenvalue weighted by molar-refractivity contribution is -0.198. The number of ether oxygens (including phenoxy) is 1. The third kappa shape index (κ3) is 2.37. The Balaban J connectivity index is 2.14. The summed E-state index contributed by atoms with van der Waals surface area (Å²) in [6.07, 6.45) is 2.49. The van der Waals surface area contributed by atoms with E-state index in [4.69, 9.17) is 4.74 Å². The van der Waals surface area contributed by atoms with Crippen LogP contribution in [0.5, 0.6) is 0 Å². The number of methoxy groups -OCH3 is 1. The molecule has 5 heteroatoms. The molecule has 1 amide bonds. The predicted octanol–water partition coefficient (Wildman–Crippen LogP) is 2.81. The summed E-state index contributed by atoms with van der Waals surface area (Å²) < 4.78 is 5.63. The van der Waals surface area contributed by atoms with Gasteiger partial charge in [-0.05, 0) is 13.3 Å². The van der Waals surface area contributed by atoms with Gasteiger partial charge in [-0.2, -0.15) is 0 Å². The number of nitrogens with zero attached hydrogens (tertiary/aromatic N) is 2. The zero-order valence-electron chi connectivity index (χ0n) is 14.2. The Labute approximate surface area is 127 Å². The van der Waals surface area contributed by atoms with Crippen LogP contribution in [0.2, 0.25) is 0 Å². The maximum atomic E-state index is 12.6. The fourth-order valence-corrected chi connectivity index (χ4v) is 3.15. The monoisotopic (exact) mass is 293 g/mol. The van der Waals surface area contributed by atoms with E-state index < -0.39 is 0 Å². The van der Waals surface area contributed by atoms with Crippen LogP contribution < -0.4 is 0 Å². The Kier molecular flexibility index (Phi) is 3.91. The second-order valence-corrected chi connectivity index (χ2v) is 7.13. The standard InChI is InChI=1S/C16H27N3O2/c1-10(2)13-17-9-11(18-13)14(20)19(6)12-8-16(5,21-7)15(12,3)4/h9-10,12H,8H2,1-7H3,(H,17,18)/t12-,16+/m1/s1. The van der Waals surface area contributed by atoms with E-state index >= 15 is 0 Å². The van der Waals surface area contributed by atoms with Crippen molar-refractivity contribution in [1.82, 2.24) is 14.9 Å². The first kappa shape index (κ1) is 16.0. The molecule has 0 aliphatic heterocycles. The van der Waals surface area contributed by atoms with Crippen LogP contribution in [-0.2, 0) is 4.74 Å². The molecule has 118 valence electrons. The van der Waals surface area contributed by atoms with E-state index in [0.717, 1.165) is 12.2 Å². The highest BCUT2D eigenvalue weighted by Gasteiger charge is 2.59. The van der Waals surface area contributed by atoms with Crippen molar-refractivity contribution in [1.29, 1.82) is 0 Å². The van der Waals surface area contributed by atoms with Gasteiger partial charge in [0.05, 0.1) is 11.8 Å². The van der Waals surface area contributed by atoms with E-state index in [2.05, 4.69) is 44.6 Å². The van der Waals surface area contributed by atoms with E-state index in [1.54, 1.807) is 13.3 Å². The number of imidazole rings is 1. The van der Waals surface area contributed by atoms with E-state index in [0.29, 0.717) is 5.69 Å². The first-order valence-electron chi connectivity index (χ1n) is 7.51. The van der Waals surface area contributed by atoms with Crippen molar-refractivity contribution in [3.8, 4) is 0 Å². The lowest BCUT2D eigenvalue weighted by atomic mass is 9.55. The van der Waals surface area contributed by atoms with Crippen molar-refractivity contribution in [3.63, 3.8) is 0 Å². The van der Waals surface area contributed by atoms with E-state index in [9.17, 15) is 4.79 Å². The van der Waals surface area contributed by atoms with Crippen molar-refractivity contribution < 1.29 is 9.53 Å². The first-order chi connectivity index (χ1) is 9.64. The Morgan fingerprint density at radius 3 is 2.52 bits per heavy atom. The van der Waals surface area contributed by atoms with Crippen LogP contribution >= 0.6 is 0 Å². The van der Waals surface area contributed by atoms with Gasteiger partial charge in [0.15, 0.2) is 0 Å². The fraction of sp³-hybridized carbons (Fsp3) is 0.750. The number of nitrogens with one attached hydrogen (secondary N) is 1.